The smallest absolute Gasteiger partial charge is 0.311 e. The molecule has 1 saturated heterocycles. The van der Waals surface area contributed by atoms with Crippen molar-refractivity contribution >= 4 is 23.7 Å². The van der Waals surface area contributed by atoms with Gasteiger partial charge in [-0.15, -0.1) is 0 Å². The molecule has 1 heterocycles. The first kappa shape index (κ1) is 15.5. The second-order valence-corrected chi connectivity index (χ2v) is 6.42. The van der Waals surface area contributed by atoms with Crippen molar-refractivity contribution in [2.45, 2.75) is 6.42 Å². The van der Waals surface area contributed by atoms with E-state index in [1.807, 2.05) is 12.2 Å². The van der Waals surface area contributed by atoms with Gasteiger partial charge in [-0.3, -0.25) is 19.7 Å². The quantitative estimate of drug-likeness (QED) is 0.273. The van der Waals surface area contributed by atoms with Crippen LogP contribution >= 0.6 is 0 Å². The summed E-state index contributed by atoms with van der Waals surface area (Å²) in [5.41, 5.74) is 0.205. The van der Waals surface area contributed by atoms with Crippen LogP contribution in [-0.2, 0) is 9.59 Å². The van der Waals surface area contributed by atoms with E-state index in [0.717, 1.165) is 11.4 Å². The third kappa shape index (κ3) is 2.25. The molecular formula is C17H15N3O5. The van der Waals surface area contributed by atoms with Crippen LogP contribution in [0.3, 0.4) is 0 Å². The highest BCUT2D eigenvalue weighted by Crippen LogP contribution is 2.52. The number of nitro benzene ring substituents is 1. The van der Waals surface area contributed by atoms with Crippen molar-refractivity contribution < 1.29 is 19.2 Å². The van der Waals surface area contributed by atoms with Gasteiger partial charge < -0.3 is 4.74 Å². The van der Waals surface area contributed by atoms with Crippen LogP contribution < -0.4 is 4.74 Å². The summed E-state index contributed by atoms with van der Waals surface area (Å²) >= 11 is 0. The molecule has 2 bridgehead atoms. The predicted octanol–water partition coefficient (Wildman–Crippen LogP) is 1.74. The van der Waals surface area contributed by atoms with Crippen LogP contribution in [0.1, 0.15) is 12.0 Å². The van der Waals surface area contributed by atoms with Gasteiger partial charge in [-0.1, -0.05) is 12.2 Å². The first-order valence-electron chi connectivity index (χ1n) is 7.94. The monoisotopic (exact) mass is 341 g/mol. The Hall–Kier alpha value is -3.03. The van der Waals surface area contributed by atoms with Crippen molar-refractivity contribution in [2.75, 3.05) is 7.11 Å². The zero-order valence-electron chi connectivity index (χ0n) is 13.4. The molecule has 2 fully saturated rings. The van der Waals surface area contributed by atoms with Crippen molar-refractivity contribution in [3.8, 4) is 5.75 Å². The molecule has 1 aromatic rings. The molecule has 0 aromatic heterocycles. The summed E-state index contributed by atoms with van der Waals surface area (Å²) in [5, 5.41) is 16.0. The van der Waals surface area contributed by atoms with Gasteiger partial charge in [0.1, 0.15) is 0 Å². The van der Waals surface area contributed by atoms with Gasteiger partial charge >= 0.3 is 5.69 Å². The van der Waals surface area contributed by atoms with E-state index in [0.29, 0.717) is 5.56 Å². The molecule has 4 rings (SSSR count). The highest BCUT2D eigenvalue weighted by Gasteiger charge is 2.59. The Kier molecular flexibility index (Phi) is 3.41. The number of carbonyl (C=O) groups excluding carboxylic acids is 2. The largest absolute Gasteiger partial charge is 0.490 e. The summed E-state index contributed by atoms with van der Waals surface area (Å²) in [7, 11) is 1.35. The maximum absolute atomic E-state index is 12.5. The van der Waals surface area contributed by atoms with Gasteiger partial charge in [-0.2, -0.15) is 10.1 Å². The Morgan fingerprint density at radius 3 is 2.44 bits per heavy atom. The topological polar surface area (TPSA) is 102 Å². The lowest BCUT2D eigenvalue weighted by Gasteiger charge is -2.13. The normalized spacial score (nSPS) is 29.7. The highest BCUT2D eigenvalue weighted by atomic mass is 16.6. The van der Waals surface area contributed by atoms with Gasteiger partial charge in [0.25, 0.3) is 11.8 Å². The minimum absolute atomic E-state index is 0.119. The fourth-order valence-corrected chi connectivity index (χ4v) is 4.05. The highest BCUT2D eigenvalue weighted by molar-refractivity contribution is 6.06. The number of carbonyl (C=O) groups is 2. The second kappa shape index (κ2) is 5.51. The number of hydrazone groups is 1. The van der Waals surface area contributed by atoms with Crippen LogP contribution in [0.25, 0.3) is 0 Å². The third-order valence-corrected chi connectivity index (χ3v) is 5.17. The van der Waals surface area contributed by atoms with Gasteiger partial charge in [0.2, 0.25) is 0 Å². The molecule has 2 aliphatic carbocycles. The number of ether oxygens (including phenoxy) is 1. The van der Waals surface area contributed by atoms with Gasteiger partial charge in [0.05, 0.1) is 30.1 Å². The van der Waals surface area contributed by atoms with E-state index in [2.05, 4.69) is 5.10 Å². The molecule has 8 heteroatoms. The second-order valence-electron chi connectivity index (χ2n) is 6.42. The zero-order valence-corrected chi connectivity index (χ0v) is 13.4. The summed E-state index contributed by atoms with van der Waals surface area (Å²) in [6.07, 6.45) is 6.17. The van der Waals surface area contributed by atoms with Crippen LogP contribution in [0.5, 0.6) is 5.75 Å². The van der Waals surface area contributed by atoms with Crippen LogP contribution in [0.4, 0.5) is 5.69 Å². The molecule has 8 nitrogen and oxygen atoms in total. The number of amides is 2. The van der Waals surface area contributed by atoms with Crippen molar-refractivity contribution in [2.24, 2.45) is 28.8 Å². The summed E-state index contributed by atoms with van der Waals surface area (Å²) in [4.78, 5) is 35.5. The van der Waals surface area contributed by atoms with Crippen LogP contribution in [0.15, 0.2) is 35.5 Å². The molecule has 0 radical (unpaired) electrons. The van der Waals surface area contributed by atoms with E-state index in [9.17, 15) is 19.7 Å². The molecule has 0 N–H and O–H groups in total. The summed E-state index contributed by atoms with van der Waals surface area (Å²) in [6, 6.07) is 4.32. The third-order valence-electron chi connectivity index (χ3n) is 5.17. The van der Waals surface area contributed by atoms with E-state index >= 15 is 0 Å². The van der Waals surface area contributed by atoms with E-state index < -0.39 is 4.92 Å². The van der Waals surface area contributed by atoms with Crippen molar-refractivity contribution in [3.05, 3.63) is 46.0 Å². The standard InChI is InChI=1S/C17H15N3O5/c1-25-13-5-2-9(6-12(13)20(23)24)8-18-19-16(21)14-10-3-4-11(7-10)15(14)17(19)22/h2-6,8,10-11,14-15H,7H2,1H3/t10-,11-,14-,15+/m0/s1. The Labute approximate surface area is 142 Å². The lowest BCUT2D eigenvalue weighted by Crippen LogP contribution is -2.28. The van der Waals surface area contributed by atoms with Crippen LogP contribution in [0.2, 0.25) is 0 Å². The number of fused-ring (bicyclic) bond motifs is 5. The summed E-state index contributed by atoms with van der Waals surface area (Å²) in [5.74, 6) is -0.831. The average Bonchev–Trinajstić information content (AvgIpc) is 3.28. The lowest BCUT2D eigenvalue weighted by molar-refractivity contribution is -0.385. The fourth-order valence-electron chi connectivity index (χ4n) is 4.05. The summed E-state index contributed by atoms with van der Waals surface area (Å²) in [6.45, 7) is 0. The number of hydrogen-bond acceptors (Lipinski definition) is 6. The van der Waals surface area contributed by atoms with Crippen LogP contribution in [0, 0.1) is 33.8 Å². The molecule has 1 aromatic carbocycles. The minimum atomic E-state index is -0.559. The molecule has 4 atom stereocenters. The Morgan fingerprint density at radius 2 is 1.88 bits per heavy atom. The number of benzene rings is 1. The molecule has 1 aliphatic heterocycles. The first-order valence-corrected chi connectivity index (χ1v) is 7.94. The number of nitrogens with zero attached hydrogens (tertiary/aromatic N) is 3. The van der Waals surface area contributed by atoms with E-state index in [-0.39, 0.29) is 46.9 Å². The number of imide groups is 1. The first-order chi connectivity index (χ1) is 12.0. The number of methoxy groups -OCH3 is 1. The molecule has 0 spiro atoms. The van der Waals surface area contributed by atoms with Crippen molar-refractivity contribution in [3.63, 3.8) is 0 Å². The molecule has 3 aliphatic rings. The van der Waals surface area contributed by atoms with E-state index in [4.69, 9.17) is 4.74 Å². The van der Waals surface area contributed by atoms with Crippen molar-refractivity contribution in [1.29, 1.82) is 0 Å². The number of hydrogen-bond donors (Lipinski definition) is 0. The Balaban J connectivity index is 1.59. The van der Waals surface area contributed by atoms with Gasteiger partial charge in [-0.25, -0.2) is 0 Å². The van der Waals surface area contributed by atoms with Crippen molar-refractivity contribution in [1.82, 2.24) is 5.01 Å². The maximum atomic E-state index is 12.5. The van der Waals surface area contributed by atoms with E-state index in [1.54, 1.807) is 6.07 Å². The molecule has 0 unspecified atom stereocenters. The number of rotatable bonds is 4. The Bertz CT molecular complexity index is 817. The molecule has 128 valence electrons. The summed E-state index contributed by atoms with van der Waals surface area (Å²) < 4.78 is 4.94. The maximum Gasteiger partial charge on any atom is 0.311 e. The van der Waals surface area contributed by atoms with Gasteiger partial charge in [0.15, 0.2) is 5.75 Å². The van der Waals surface area contributed by atoms with Gasteiger partial charge in [-0.05, 0) is 30.4 Å². The SMILES string of the molecule is COc1ccc(C=NN2C(=O)[C@@H]3[C@H](C2=O)[C@H]2C=C[C@H]3C2)cc1[N+](=O)[O-]. The van der Waals surface area contributed by atoms with E-state index in [1.165, 1.54) is 25.5 Å². The predicted molar refractivity (Wildman–Crippen MR) is 86.8 cm³/mol. The molecular weight excluding hydrogens is 326 g/mol. The minimum Gasteiger partial charge on any atom is -0.490 e. The molecule has 25 heavy (non-hydrogen) atoms. The number of allylic oxidation sites excluding steroid dienone is 2. The zero-order chi connectivity index (χ0) is 17.7. The average molecular weight is 341 g/mol. The molecule has 2 amide bonds. The molecule has 1 saturated carbocycles. The Morgan fingerprint density at radius 1 is 1.24 bits per heavy atom. The van der Waals surface area contributed by atoms with Crippen LogP contribution in [-0.4, -0.2) is 35.1 Å². The fraction of sp³-hybridized carbons (Fsp3) is 0.353. The van der Waals surface area contributed by atoms with Gasteiger partial charge in [0, 0.05) is 11.6 Å². The number of nitro groups is 1. The lowest BCUT2D eigenvalue weighted by atomic mass is 9.85.